The van der Waals surface area contributed by atoms with Crippen LogP contribution in [0.1, 0.15) is 28.8 Å². The zero-order valence-electron chi connectivity index (χ0n) is 14.6. The second-order valence-corrected chi connectivity index (χ2v) is 6.33. The van der Waals surface area contributed by atoms with Crippen LogP contribution in [0.15, 0.2) is 54.6 Å². The summed E-state index contributed by atoms with van der Waals surface area (Å²) in [6, 6.07) is 15.8. The van der Waals surface area contributed by atoms with Crippen LogP contribution in [0.25, 0.3) is 0 Å². The van der Waals surface area contributed by atoms with Crippen molar-refractivity contribution in [2.45, 2.75) is 25.4 Å². The number of anilines is 1. The van der Waals surface area contributed by atoms with Gasteiger partial charge in [-0.05, 0) is 24.1 Å². The Morgan fingerprint density at radius 1 is 1.04 bits per heavy atom. The fourth-order valence-corrected chi connectivity index (χ4v) is 2.92. The van der Waals surface area contributed by atoms with E-state index in [1.165, 1.54) is 0 Å². The first kappa shape index (κ1) is 17.7. The number of benzene rings is 2. The lowest BCUT2D eigenvalue weighted by atomic mass is 10.1. The van der Waals surface area contributed by atoms with Crippen LogP contribution in [0.5, 0.6) is 0 Å². The molecule has 0 spiro atoms. The molecule has 0 bridgehead atoms. The predicted molar refractivity (Wildman–Crippen MR) is 98.5 cm³/mol. The molecular weight excluding hydrogens is 330 g/mol. The lowest BCUT2D eigenvalue weighted by molar-refractivity contribution is -0.130. The number of nitrogens with zero attached hydrogens (tertiary/aromatic N) is 1. The number of para-hydroxylation sites is 1. The average molecular weight is 351 g/mol. The standard InChI is InChI=1S/C20H21N3O3/c1-23(13-14-7-3-2-4-8-14)18(24)12-11-17-20(26)21-16-10-6-5-9-15(16)19(25)22-17/h2-10,17H,11-13H2,1H3,(H,21,26)(H,22,25)/t17-/m0/s1. The largest absolute Gasteiger partial charge is 0.341 e. The number of hydrogen-bond acceptors (Lipinski definition) is 3. The van der Waals surface area contributed by atoms with Gasteiger partial charge in [-0.2, -0.15) is 0 Å². The maximum absolute atomic E-state index is 12.4. The summed E-state index contributed by atoms with van der Waals surface area (Å²) in [5, 5.41) is 5.46. The molecule has 0 aliphatic carbocycles. The third kappa shape index (κ3) is 4.08. The topological polar surface area (TPSA) is 78.5 Å². The number of fused-ring (bicyclic) bond motifs is 1. The number of carbonyl (C=O) groups is 3. The Kier molecular flexibility index (Phi) is 5.31. The molecule has 2 aromatic carbocycles. The van der Waals surface area contributed by atoms with E-state index in [0.717, 1.165) is 5.56 Å². The summed E-state index contributed by atoms with van der Waals surface area (Å²) in [5.41, 5.74) is 1.96. The summed E-state index contributed by atoms with van der Waals surface area (Å²) in [7, 11) is 1.73. The summed E-state index contributed by atoms with van der Waals surface area (Å²) >= 11 is 0. The van der Waals surface area contributed by atoms with Crippen molar-refractivity contribution >= 4 is 23.4 Å². The lowest BCUT2D eigenvalue weighted by Crippen LogP contribution is -2.42. The smallest absolute Gasteiger partial charge is 0.254 e. The van der Waals surface area contributed by atoms with Gasteiger partial charge in [0.05, 0.1) is 11.3 Å². The summed E-state index contributed by atoms with van der Waals surface area (Å²) in [6.45, 7) is 0.508. The Labute approximate surface area is 152 Å². The van der Waals surface area contributed by atoms with Crippen molar-refractivity contribution in [1.29, 1.82) is 0 Å². The van der Waals surface area contributed by atoms with Gasteiger partial charge in [0.1, 0.15) is 6.04 Å². The van der Waals surface area contributed by atoms with Gasteiger partial charge in [-0.25, -0.2) is 0 Å². The predicted octanol–water partition coefficient (Wildman–Crippen LogP) is 2.18. The lowest BCUT2D eigenvalue weighted by Gasteiger charge is -2.19. The number of amides is 3. The third-order valence-corrected chi connectivity index (χ3v) is 4.39. The molecule has 1 heterocycles. The first-order valence-corrected chi connectivity index (χ1v) is 8.53. The van der Waals surface area contributed by atoms with Crippen LogP contribution in [-0.2, 0) is 16.1 Å². The highest BCUT2D eigenvalue weighted by Crippen LogP contribution is 2.19. The van der Waals surface area contributed by atoms with Crippen molar-refractivity contribution in [2.75, 3.05) is 12.4 Å². The molecular formula is C20H21N3O3. The fourth-order valence-electron chi connectivity index (χ4n) is 2.92. The van der Waals surface area contributed by atoms with Gasteiger partial charge in [0, 0.05) is 20.0 Å². The molecule has 1 atom stereocenters. The SMILES string of the molecule is CN(Cc1ccccc1)C(=O)CC[C@@H]1NC(=O)c2ccccc2NC1=O. The van der Waals surface area contributed by atoms with Crippen molar-refractivity contribution in [3.05, 3.63) is 65.7 Å². The Bertz CT molecular complexity index is 820. The van der Waals surface area contributed by atoms with Crippen molar-refractivity contribution in [2.24, 2.45) is 0 Å². The first-order chi connectivity index (χ1) is 12.5. The van der Waals surface area contributed by atoms with Crippen LogP contribution in [-0.4, -0.2) is 35.7 Å². The summed E-state index contributed by atoms with van der Waals surface area (Å²) in [4.78, 5) is 38.6. The number of rotatable bonds is 5. The van der Waals surface area contributed by atoms with Crippen LogP contribution in [0.2, 0.25) is 0 Å². The van der Waals surface area contributed by atoms with E-state index in [1.807, 2.05) is 30.3 Å². The van der Waals surface area contributed by atoms with E-state index in [-0.39, 0.29) is 30.6 Å². The molecule has 6 nitrogen and oxygen atoms in total. The second-order valence-electron chi connectivity index (χ2n) is 6.33. The van der Waals surface area contributed by atoms with Crippen LogP contribution in [0, 0.1) is 0 Å². The van der Waals surface area contributed by atoms with E-state index >= 15 is 0 Å². The van der Waals surface area contributed by atoms with Crippen LogP contribution in [0.3, 0.4) is 0 Å². The van der Waals surface area contributed by atoms with E-state index in [1.54, 1.807) is 36.2 Å². The Morgan fingerprint density at radius 2 is 1.73 bits per heavy atom. The maximum Gasteiger partial charge on any atom is 0.254 e. The molecule has 0 aromatic heterocycles. The molecule has 6 heteroatoms. The minimum absolute atomic E-state index is 0.0716. The highest BCUT2D eigenvalue weighted by Gasteiger charge is 2.28. The van der Waals surface area contributed by atoms with Gasteiger partial charge in [-0.15, -0.1) is 0 Å². The van der Waals surface area contributed by atoms with Gasteiger partial charge in [-0.3, -0.25) is 14.4 Å². The average Bonchev–Trinajstić information content (AvgIpc) is 2.77. The summed E-state index contributed by atoms with van der Waals surface area (Å²) < 4.78 is 0. The number of nitrogens with one attached hydrogen (secondary N) is 2. The quantitative estimate of drug-likeness (QED) is 0.867. The van der Waals surface area contributed by atoms with Gasteiger partial charge in [0.15, 0.2) is 0 Å². The Hall–Kier alpha value is -3.15. The van der Waals surface area contributed by atoms with Crippen molar-refractivity contribution in [1.82, 2.24) is 10.2 Å². The molecule has 0 saturated heterocycles. The van der Waals surface area contributed by atoms with Gasteiger partial charge >= 0.3 is 0 Å². The van der Waals surface area contributed by atoms with Crippen LogP contribution >= 0.6 is 0 Å². The molecule has 1 aliphatic rings. The van der Waals surface area contributed by atoms with Crippen molar-refractivity contribution < 1.29 is 14.4 Å². The molecule has 26 heavy (non-hydrogen) atoms. The van der Waals surface area contributed by atoms with Crippen molar-refractivity contribution in [3.8, 4) is 0 Å². The van der Waals surface area contributed by atoms with Crippen LogP contribution in [0.4, 0.5) is 5.69 Å². The van der Waals surface area contributed by atoms with E-state index in [4.69, 9.17) is 0 Å². The maximum atomic E-state index is 12.4. The molecule has 0 radical (unpaired) electrons. The Morgan fingerprint density at radius 3 is 2.50 bits per heavy atom. The van der Waals surface area contributed by atoms with E-state index in [0.29, 0.717) is 17.8 Å². The molecule has 1 aliphatic heterocycles. The first-order valence-electron chi connectivity index (χ1n) is 8.53. The fraction of sp³-hybridized carbons (Fsp3) is 0.250. The molecule has 0 saturated carbocycles. The van der Waals surface area contributed by atoms with Gasteiger partial charge in [0.25, 0.3) is 5.91 Å². The van der Waals surface area contributed by atoms with E-state index < -0.39 is 6.04 Å². The molecule has 2 aromatic rings. The summed E-state index contributed by atoms with van der Waals surface area (Å²) in [5.74, 6) is -0.687. The highest BCUT2D eigenvalue weighted by molar-refractivity contribution is 6.09. The van der Waals surface area contributed by atoms with E-state index in [9.17, 15) is 14.4 Å². The second kappa shape index (κ2) is 7.82. The van der Waals surface area contributed by atoms with Gasteiger partial charge in [-0.1, -0.05) is 42.5 Å². The molecule has 3 amide bonds. The normalized spacial score (nSPS) is 16.1. The van der Waals surface area contributed by atoms with Crippen molar-refractivity contribution in [3.63, 3.8) is 0 Å². The van der Waals surface area contributed by atoms with Gasteiger partial charge < -0.3 is 15.5 Å². The van der Waals surface area contributed by atoms with Gasteiger partial charge in [0.2, 0.25) is 11.8 Å². The Balaban J connectivity index is 1.58. The monoisotopic (exact) mass is 351 g/mol. The number of carbonyl (C=O) groups excluding carboxylic acids is 3. The highest BCUT2D eigenvalue weighted by atomic mass is 16.2. The zero-order valence-corrected chi connectivity index (χ0v) is 14.6. The van der Waals surface area contributed by atoms with Crippen LogP contribution < -0.4 is 10.6 Å². The molecule has 2 N–H and O–H groups in total. The minimum atomic E-state index is -0.732. The molecule has 0 unspecified atom stereocenters. The van der Waals surface area contributed by atoms with E-state index in [2.05, 4.69) is 10.6 Å². The molecule has 134 valence electrons. The molecule has 0 fully saturated rings. The number of hydrogen-bond donors (Lipinski definition) is 2. The minimum Gasteiger partial charge on any atom is -0.341 e. The molecule has 3 rings (SSSR count). The third-order valence-electron chi connectivity index (χ3n) is 4.39. The summed E-state index contributed by atoms with van der Waals surface area (Å²) in [6.07, 6.45) is 0.432. The zero-order chi connectivity index (χ0) is 18.5.